The number of hydrogen-bond acceptors (Lipinski definition) is 3. The van der Waals surface area contributed by atoms with Gasteiger partial charge in [-0.1, -0.05) is 6.07 Å². The zero-order valence-corrected chi connectivity index (χ0v) is 7.47. The lowest BCUT2D eigenvalue weighted by Crippen LogP contribution is -1.93. The molecule has 3 nitrogen and oxygen atoms in total. The van der Waals surface area contributed by atoms with Gasteiger partial charge in [0.1, 0.15) is 0 Å². The Bertz CT molecular complexity index is 475. The van der Waals surface area contributed by atoms with Crippen molar-refractivity contribution >= 4 is 33.1 Å². The Morgan fingerprint density at radius 1 is 1.46 bits per heavy atom. The number of anilines is 1. The molecule has 0 amide bonds. The summed E-state index contributed by atoms with van der Waals surface area (Å²) in [7, 11) is 0. The molecule has 0 spiro atoms. The molecule has 3 N–H and O–H groups in total. The lowest BCUT2D eigenvalue weighted by Gasteiger charge is -1.93. The lowest BCUT2D eigenvalue weighted by molar-refractivity contribution is 0.0699. The van der Waals surface area contributed by atoms with E-state index in [9.17, 15) is 4.79 Å². The van der Waals surface area contributed by atoms with Crippen molar-refractivity contribution in [3.8, 4) is 0 Å². The minimum absolute atomic E-state index is 0.347. The van der Waals surface area contributed by atoms with E-state index in [0.29, 0.717) is 11.3 Å². The smallest absolute Gasteiger partial charge is 0.337 e. The molecule has 0 radical (unpaired) electrons. The van der Waals surface area contributed by atoms with Crippen LogP contribution in [-0.4, -0.2) is 11.1 Å². The molecule has 0 unspecified atom stereocenters. The van der Waals surface area contributed by atoms with E-state index in [-0.39, 0.29) is 0 Å². The van der Waals surface area contributed by atoms with Crippen molar-refractivity contribution in [3.05, 3.63) is 29.1 Å². The van der Waals surface area contributed by atoms with Crippen molar-refractivity contribution < 1.29 is 9.90 Å². The molecule has 0 saturated heterocycles. The van der Waals surface area contributed by atoms with Gasteiger partial charge in [0, 0.05) is 21.2 Å². The van der Waals surface area contributed by atoms with Crippen molar-refractivity contribution in [1.29, 1.82) is 0 Å². The van der Waals surface area contributed by atoms with Gasteiger partial charge in [-0.2, -0.15) is 0 Å². The number of carboxylic acids is 1. The molecule has 13 heavy (non-hydrogen) atoms. The van der Waals surface area contributed by atoms with Crippen LogP contribution in [0.25, 0.3) is 10.1 Å². The van der Waals surface area contributed by atoms with E-state index in [1.54, 1.807) is 23.6 Å². The standard InChI is InChI=1S/C9H7NO2S/c10-5-1-2-6-7(9(11)12)4-13-8(6)3-5/h1-4H,10H2,(H,11,12). The number of nitrogens with two attached hydrogens (primary N) is 1. The summed E-state index contributed by atoms with van der Waals surface area (Å²) < 4.78 is 0.914. The van der Waals surface area contributed by atoms with Gasteiger partial charge in [-0.25, -0.2) is 4.79 Å². The number of carboxylic acid groups (broad SMARTS) is 1. The SMILES string of the molecule is Nc1ccc2c(C(=O)O)csc2c1. The van der Waals surface area contributed by atoms with Gasteiger partial charge < -0.3 is 10.8 Å². The van der Waals surface area contributed by atoms with Crippen LogP contribution in [0.1, 0.15) is 10.4 Å². The van der Waals surface area contributed by atoms with Crippen LogP contribution in [0.15, 0.2) is 23.6 Å². The predicted octanol–water partition coefficient (Wildman–Crippen LogP) is 2.18. The zero-order chi connectivity index (χ0) is 9.42. The fourth-order valence-electron chi connectivity index (χ4n) is 1.21. The van der Waals surface area contributed by atoms with Gasteiger partial charge >= 0.3 is 5.97 Å². The van der Waals surface area contributed by atoms with E-state index >= 15 is 0 Å². The van der Waals surface area contributed by atoms with Crippen LogP contribution in [0.3, 0.4) is 0 Å². The summed E-state index contributed by atoms with van der Waals surface area (Å²) in [6, 6.07) is 5.23. The maximum atomic E-state index is 10.7. The summed E-state index contributed by atoms with van der Waals surface area (Å²) >= 11 is 1.40. The molecule has 0 aliphatic carbocycles. The summed E-state index contributed by atoms with van der Waals surface area (Å²) in [6.45, 7) is 0. The summed E-state index contributed by atoms with van der Waals surface area (Å²) in [4.78, 5) is 10.7. The Labute approximate surface area is 78.4 Å². The Hall–Kier alpha value is -1.55. The van der Waals surface area contributed by atoms with E-state index in [1.165, 1.54) is 11.3 Å². The number of benzene rings is 1. The fraction of sp³-hybridized carbons (Fsp3) is 0. The average molecular weight is 193 g/mol. The average Bonchev–Trinajstić information content (AvgIpc) is 2.46. The molecule has 66 valence electrons. The zero-order valence-electron chi connectivity index (χ0n) is 6.65. The van der Waals surface area contributed by atoms with Gasteiger partial charge in [-0.15, -0.1) is 11.3 Å². The largest absolute Gasteiger partial charge is 0.478 e. The molecule has 4 heteroatoms. The van der Waals surface area contributed by atoms with E-state index < -0.39 is 5.97 Å². The number of fused-ring (bicyclic) bond motifs is 1. The monoisotopic (exact) mass is 193 g/mol. The molecule has 0 bridgehead atoms. The molecule has 0 aliphatic rings. The highest BCUT2D eigenvalue weighted by molar-refractivity contribution is 7.17. The molecular formula is C9H7NO2S. The number of hydrogen-bond donors (Lipinski definition) is 2. The van der Waals surface area contributed by atoms with Crippen LogP contribution < -0.4 is 5.73 Å². The number of thiophene rings is 1. The second-order valence-corrected chi connectivity index (χ2v) is 3.62. The molecule has 1 aromatic heterocycles. The van der Waals surface area contributed by atoms with Gasteiger partial charge in [-0.05, 0) is 12.1 Å². The third-order valence-corrected chi connectivity index (χ3v) is 2.78. The first-order chi connectivity index (χ1) is 6.18. The molecule has 0 aliphatic heterocycles. The minimum Gasteiger partial charge on any atom is -0.478 e. The van der Waals surface area contributed by atoms with Gasteiger partial charge in [0.15, 0.2) is 0 Å². The van der Waals surface area contributed by atoms with Crippen LogP contribution >= 0.6 is 11.3 Å². The first-order valence-electron chi connectivity index (χ1n) is 3.68. The lowest BCUT2D eigenvalue weighted by atomic mass is 10.2. The number of aromatic carboxylic acids is 1. The molecule has 2 aromatic rings. The topological polar surface area (TPSA) is 63.3 Å². The predicted molar refractivity (Wildman–Crippen MR) is 53.2 cm³/mol. The van der Waals surface area contributed by atoms with Crippen molar-refractivity contribution in [2.24, 2.45) is 0 Å². The van der Waals surface area contributed by atoms with Crippen LogP contribution in [0.5, 0.6) is 0 Å². The second-order valence-electron chi connectivity index (χ2n) is 2.71. The third kappa shape index (κ3) is 1.25. The molecule has 2 rings (SSSR count). The van der Waals surface area contributed by atoms with Crippen LogP contribution in [0.2, 0.25) is 0 Å². The summed E-state index contributed by atoms with van der Waals surface area (Å²) in [5.41, 5.74) is 6.57. The van der Waals surface area contributed by atoms with Crippen LogP contribution in [0.4, 0.5) is 5.69 Å². The summed E-state index contributed by atoms with van der Waals surface area (Å²) in [5.74, 6) is -0.893. The van der Waals surface area contributed by atoms with E-state index in [2.05, 4.69) is 0 Å². The maximum Gasteiger partial charge on any atom is 0.337 e. The Morgan fingerprint density at radius 3 is 2.92 bits per heavy atom. The number of rotatable bonds is 1. The van der Waals surface area contributed by atoms with Crippen molar-refractivity contribution in [3.63, 3.8) is 0 Å². The second kappa shape index (κ2) is 2.74. The van der Waals surface area contributed by atoms with Gasteiger partial charge in [-0.3, -0.25) is 0 Å². The Kier molecular flexibility index (Phi) is 1.70. The minimum atomic E-state index is -0.893. The van der Waals surface area contributed by atoms with Crippen molar-refractivity contribution in [2.45, 2.75) is 0 Å². The molecule has 0 fully saturated rings. The van der Waals surface area contributed by atoms with Crippen molar-refractivity contribution in [1.82, 2.24) is 0 Å². The van der Waals surface area contributed by atoms with Gasteiger partial charge in [0.2, 0.25) is 0 Å². The van der Waals surface area contributed by atoms with Gasteiger partial charge in [0.05, 0.1) is 5.56 Å². The number of carbonyl (C=O) groups is 1. The van der Waals surface area contributed by atoms with E-state index in [4.69, 9.17) is 10.8 Å². The van der Waals surface area contributed by atoms with E-state index in [1.807, 2.05) is 0 Å². The molecule has 1 heterocycles. The summed E-state index contributed by atoms with van der Waals surface area (Å²) in [5, 5.41) is 11.2. The van der Waals surface area contributed by atoms with E-state index in [0.717, 1.165) is 10.1 Å². The third-order valence-electron chi connectivity index (χ3n) is 1.83. The van der Waals surface area contributed by atoms with Crippen LogP contribution in [0, 0.1) is 0 Å². The quantitative estimate of drug-likeness (QED) is 0.682. The molecular weight excluding hydrogens is 186 g/mol. The molecule has 1 aromatic carbocycles. The van der Waals surface area contributed by atoms with Gasteiger partial charge in [0.25, 0.3) is 0 Å². The normalized spacial score (nSPS) is 10.5. The van der Waals surface area contributed by atoms with Crippen molar-refractivity contribution in [2.75, 3.05) is 5.73 Å². The summed E-state index contributed by atoms with van der Waals surface area (Å²) in [6.07, 6.45) is 0. The molecule has 0 atom stereocenters. The fourth-order valence-corrected chi connectivity index (χ4v) is 2.19. The molecule has 0 saturated carbocycles. The highest BCUT2D eigenvalue weighted by Crippen LogP contribution is 2.27. The highest BCUT2D eigenvalue weighted by Gasteiger charge is 2.09. The Balaban J connectivity index is 2.76. The van der Waals surface area contributed by atoms with Crippen LogP contribution in [-0.2, 0) is 0 Å². The first-order valence-corrected chi connectivity index (χ1v) is 4.56. The first kappa shape index (κ1) is 8.07. The number of nitrogen functional groups attached to an aromatic ring is 1. The maximum absolute atomic E-state index is 10.7. The highest BCUT2D eigenvalue weighted by atomic mass is 32.1. The Morgan fingerprint density at radius 2 is 2.23 bits per heavy atom.